The van der Waals surface area contributed by atoms with Crippen molar-refractivity contribution in [1.82, 2.24) is 4.90 Å². The molecule has 10 heteroatoms. The number of carbonyl (C=O) groups excluding carboxylic acids is 3. The van der Waals surface area contributed by atoms with Crippen molar-refractivity contribution in [3.63, 3.8) is 0 Å². The van der Waals surface area contributed by atoms with Gasteiger partial charge < -0.3 is 30.7 Å². The van der Waals surface area contributed by atoms with Gasteiger partial charge in [0.15, 0.2) is 0 Å². The second-order valence-electron chi connectivity index (χ2n) is 7.77. The Morgan fingerprint density at radius 3 is 2.61 bits per heavy atom. The number of hydrogen-bond donors (Lipinski definition) is 4. The SMILES string of the molecule is CC1(C)Cc2c(sc(NC(=O)C(=O)N3CC[NH+](CCO)CC3)c2C(N)=O)CO1. The largest absolute Gasteiger partial charge is 0.391 e. The first-order chi connectivity index (χ1) is 13.2. The number of aliphatic hydroxyl groups is 1. The van der Waals surface area contributed by atoms with E-state index in [-0.39, 0.29) is 12.2 Å². The molecule has 3 amide bonds. The number of ether oxygens (including phenoxy) is 1. The van der Waals surface area contributed by atoms with Gasteiger partial charge in [-0.15, -0.1) is 11.3 Å². The van der Waals surface area contributed by atoms with Crippen molar-refractivity contribution in [2.75, 3.05) is 44.6 Å². The number of hydrogen-bond acceptors (Lipinski definition) is 6. The minimum absolute atomic E-state index is 0.100. The summed E-state index contributed by atoms with van der Waals surface area (Å²) >= 11 is 1.23. The van der Waals surface area contributed by atoms with Crippen LogP contribution in [-0.4, -0.2) is 72.7 Å². The number of piperazine rings is 1. The highest BCUT2D eigenvalue weighted by molar-refractivity contribution is 7.17. The van der Waals surface area contributed by atoms with Crippen molar-refractivity contribution in [2.45, 2.75) is 32.5 Å². The number of nitrogens with zero attached hydrogens (tertiary/aromatic N) is 1. The normalized spacial score (nSPS) is 19.2. The van der Waals surface area contributed by atoms with E-state index < -0.39 is 23.3 Å². The van der Waals surface area contributed by atoms with Crippen molar-refractivity contribution in [3.8, 4) is 0 Å². The van der Waals surface area contributed by atoms with Gasteiger partial charge in [0.05, 0.1) is 50.6 Å². The van der Waals surface area contributed by atoms with E-state index in [9.17, 15) is 14.4 Å². The summed E-state index contributed by atoms with van der Waals surface area (Å²) in [5.74, 6) is -2.02. The molecular formula is C18H27N4O5S+. The van der Waals surface area contributed by atoms with Gasteiger partial charge in [-0.1, -0.05) is 0 Å². The molecule has 1 aromatic rings. The Kier molecular flexibility index (Phi) is 6.04. The summed E-state index contributed by atoms with van der Waals surface area (Å²) < 4.78 is 5.77. The van der Waals surface area contributed by atoms with E-state index in [1.165, 1.54) is 21.1 Å². The molecule has 3 heterocycles. The monoisotopic (exact) mass is 411 g/mol. The molecule has 0 spiro atoms. The Morgan fingerprint density at radius 2 is 2.00 bits per heavy atom. The predicted octanol–water partition coefficient (Wildman–Crippen LogP) is -1.64. The Morgan fingerprint density at radius 1 is 1.32 bits per heavy atom. The number of anilines is 1. The fraction of sp³-hybridized carbons (Fsp3) is 0.611. The molecule has 0 saturated carbocycles. The number of nitrogens with one attached hydrogen (secondary N) is 2. The molecule has 0 aromatic carbocycles. The number of thiophene rings is 1. The highest BCUT2D eigenvalue weighted by atomic mass is 32.1. The first-order valence-electron chi connectivity index (χ1n) is 9.35. The van der Waals surface area contributed by atoms with Gasteiger partial charge >= 0.3 is 11.8 Å². The molecule has 0 radical (unpaired) electrons. The van der Waals surface area contributed by atoms with Gasteiger partial charge in [0, 0.05) is 11.3 Å². The zero-order valence-corrected chi connectivity index (χ0v) is 17.0. The topological polar surface area (TPSA) is 126 Å². The number of nitrogens with two attached hydrogens (primary N) is 1. The number of primary amides is 1. The number of quaternary nitrogens is 1. The summed E-state index contributed by atoms with van der Waals surface area (Å²) in [6.07, 6.45) is 0.510. The quantitative estimate of drug-likeness (QED) is 0.442. The Balaban J connectivity index is 1.71. The number of rotatable bonds is 4. The number of fused-ring (bicyclic) bond motifs is 1. The lowest BCUT2D eigenvalue weighted by Gasteiger charge is -2.31. The second kappa shape index (κ2) is 8.16. The van der Waals surface area contributed by atoms with Crippen LogP contribution in [0.1, 0.15) is 34.6 Å². The van der Waals surface area contributed by atoms with Gasteiger partial charge in [0.2, 0.25) is 0 Å². The molecule has 0 unspecified atom stereocenters. The van der Waals surface area contributed by atoms with E-state index in [0.717, 1.165) is 10.4 Å². The summed E-state index contributed by atoms with van der Waals surface area (Å²) in [6.45, 7) is 7.21. The van der Waals surface area contributed by atoms with Crippen LogP contribution in [0.25, 0.3) is 0 Å². The summed E-state index contributed by atoms with van der Waals surface area (Å²) in [7, 11) is 0. The van der Waals surface area contributed by atoms with Gasteiger partial charge in [0.1, 0.15) is 11.5 Å². The lowest BCUT2D eigenvalue weighted by atomic mass is 9.93. The minimum atomic E-state index is -0.771. The third-order valence-electron chi connectivity index (χ3n) is 5.18. The molecule has 1 aromatic heterocycles. The summed E-state index contributed by atoms with van der Waals surface area (Å²) in [5.41, 5.74) is 6.20. The van der Waals surface area contributed by atoms with Crippen LogP contribution < -0.4 is 16.0 Å². The van der Waals surface area contributed by atoms with Crippen LogP contribution in [0.5, 0.6) is 0 Å². The number of amides is 3. The lowest BCUT2D eigenvalue weighted by Crippen LogP contribution is -3.15. The molecule has 3 rings (SSSR count). The predicted molar refractivity (Wildman–Crippen MR) is 103 cm³/mol. The molecule has 28 heavy (non-hydrogen) atoms. The van der Waals surface area contributed by atoms with Crippen molar-refractivity contribution >= 4 is 34.1 Å². The molecule has 2 aliphatic rings. The fourth-order valence-corrected chi connectivity index (χ4v) is 4.77. The van der Waals surface area contributed by atoms with E-state index in [4.69, 9.17) is 15.6 Å². The van der Waals surface area contributed by atoms with Crippen LogP contribution in [0.4, 0.5) is 5.00 Å². The first-order valence-corrected chi connectivity index (χ1v) is 10.2. The van der Waals surface area contributed by atoms with Crippen LogP contribution in [0.3, 0.4) is 0 Å². The van der Waals surface area contributed by atoms with Crippen molar-refractivity contribution in [3.05, 3.63) is 16.0 Å². The highest BCUT2D eigenvalue weighted by Gasteiger charge is 2.34. The van der Waals surface area contributed by atoms with Gasteiger partial charge in [-0.25, -0.2) is 0 Å². The zero-order valence-electron chi connectivity index (χ0n) is 16.2. The van der Waals surface area contributed by atoms with Gasteiger partial charge in [-0.2, -0.15) is 0 Å². The Labute approximate surface area is 167 Å². The number of aliphatic hydroxyl groups excluding tert-OH is 1. The van der Waals surface area contributed by atoms with Crippen molar-refractivity contribution < 1.29 is 29.1 Å². The zero-order chi connectivity index (χ0) is 20.5. The van der Waals surface area contributed by atoms with Crippen LogP contribution in [0.2, 0.25) is 0 Å². The third-order valence-corrected chi connectivity index (χ3v) is 6.30. The highest BCUT2D eigenvalue weighted by Crippen LogP contribution is 2.40. The molecule has 1 fully saturated rings. The minimum Gasteiger partial charge on any atom is -0.391 e. The first kappa shape index (κ1) is 20.7. The molecule has 0 aliphatic carbocycles. The summed E-state index contributed by atoms with van der Waals surface area (Å²) in [6, 6.07) is 0. The average Bonchev–Trinajstić information content (AvgIpc) is 2.98. The van der Waals surface area contributed by atoms with Crippen LogP contribution in [0.15, 0.2) is 0 Å². The molecule has 2 aliphatic heterocycles. The third kappa shape index (κ3) is 4.35. The van der Waals surface area contributed by atoms with E-state index in [1.54, 1.807) is 0 Å². The second-order valence-corrected chi connectivity index (χ2v) is 8.87. The molecule has 154 valence electrons. The van der Waals surface area contributed by atoms with Crippen LogP contribution in [0, 0.1) is 0 Å². The average molecular weight is 412 g/mol. The Bertz CT molecular complexity index is 783. The van der Waals surface area contributed by atoms with E-state index in [2.05, 4.69) is 5.32 Å². The van der Waals surface area contributed by atoms with Gasteiger partial charge in [-0.3, -0.25) is 14.4 Å². The molecular weight excluding hydrogens is 384 g/mol. The maximum atomic E-state index is 12.5. The van der Waals surface area contributed by atoms with Crippen LogP contribution >= 0.6 is 11.3 Å². The lowest BCUT2D eigenvalue weighted by molar-refractivity contribution is -0.904. The smallest absolute Gasteiger partial charge is 0.314 e. The molecule has 0 atom stereocenters. The molecule has 5 N–H and O–H groups in total. The van der Waals surface area contributed by atoms with Crippen LogP contribution in [-0.2, 0) is 27.4 Å². The van der Waals surface area contributed by atoms with Crippen molar-refractivity contribution in [2.24, 2.45) is 5.73 Å². The van der Waals surface area contributed by atoms with E-state index in [0.29, 0.717) is 50.8 Å². The number of carbonyl (C=O) groups is 3. The van der Waals surface area contributed by atoms with Crippen molar-refractivity contribution in [1.29, 1.82) is 0 Å². The van der Waals surface area contributed by atoms with Gasteiger partial charge in [0.25, 0.3) is 5.91 Å². The van der Waals surface area contributed by atoms with E-state index >= 15 is 0 Å². The summed E-state index contributed by atoms with van der Waals surface area (Å²) in [4.78, 5) is 40.6. The maximum Gasteiger partial charge on any atom is 0.314 e. The molecule has 0 bridgehead atoms. The maximum absolute atomic E-state index is 12.5. The van der Waals surface area contributed by atoms with Gasteiger partial charge in [-0.05, 0) is 19.4 Å². The Hall–Kier alpha value is -2.01. The molecule has 1 saturated heterocycles. The molecule has 9 nitrogen and oxygen atoms in total. The van der Waals surface area contributed by atoms with E-state index in [1.807, 2.05) is 13.8 Å². The fourth-order valence-electron chi connectivity index (χ4n) is 3.64. The standard InChI is InChI=1S/C18H26N4O5S/c1-18(2)9-11-12(10-27-18)28-16(13(11)14(19)24)20-15(25)17(26)22-5-3-21(4-6-22)7-8-23/h23H,3-10H2,1-2H3,(H2,19,24)(H,20,25)/p+1. The summed E-state index contributed by atoms with van der Waals surface area (Å²) in [5, 5.41) is 11.9.